The molecule has 2 aliphatic rings. The van der Waals surface area contributed by atoms with Crippen molar-refractivity contribution in [3.05, 3.63) is 58.1 Å². The van der Waals surface area contributed by atoms with Crippen molar-refractivity contribution in [2.24, 2.45) is 11.8 Å². The minimum absolute atomic E-state index is 0.00744. The second-order valence-electron chi connectivity index (χ2n) is 8.92. The van der Waals surface area contributed by atoms with Crippen LogP contribution in [0.15, 0.2) is 42.5 Å². The fourth-order valence-electron chi connectivity index (χ4n) is 4.69. The van der Waals surface area contributed by atoms with Gasteiger partial charge in [-0.2, -0.15) is 0 Å². The zero-order chi connectivity index (χ0) is 22.8. The summed E-state index contributed by atoms with van der Waals surface area (Å²) in [5.74, 6) is 0.910. The largest absolute Gasteiger partial charge is 0.497 e. The first-order valence-electron chi connectivity index (χ1n) is 11.1. The topological polar surface area (TPSA) is 87.9 Å². The predicted molar refractivity (Wildman–Crippen MR) is 124 cm³/mol. The molecule has 2 atom stereocenters. The van der Waals surface area contributed by atoms with E-state index in [0.717, 1.165) is 35.8 Å². The van der Waals surface area contributed by atoms with Crippen LogP contribution in [-0.4, -0.2) is 50.2 Å². The first kappa shape index (κ1) is 21.9. The van der Waals surface area contributed by atoms with Crippen molar-refractivity contribution in [2.75, 3.05) is 43.1 Å². The SMILES string of the molecule is COc1ccc(N2CCN3c4ccc([N+](=O)[O-])cc4CC(C(=O)NCC(C)C)C3C2)cc1. The van der Waals surface area contributed by atoms with Crippen molar-refractivity contribution < 1.29 is 14.5 Å². The average molecular weight is 439 g/mol. The highest BCUT2D eigenvalue weighted by atomic mass is 16.6. The summed E-state index contributed by atoms with van der Waals surface area (Å²) >= 11 is 0. The second kappa shape index (κ2) is 9.06. The molecule has 2 unspecified atom stereocenters. The van der Waals surface area contributed by atoms with Gasteiger partial charge in [-0.25, -0.2) is 0 Å². The van der Waals surface area contributed by atoms with Gasteiger partial charge in [0.2, 0.25) is 5.91 Å². The predicted octanol–water partition coefficient (Wildman–Crippen LogP) is 3.24. The second-order valence-corrected chi connectivity index (χ2v) is 8.92. The first-order chi connectivity index (χ1) is 15.4. The molecule has 1 N–H and O–H groups in total. The van der Waals surface area contributed by atoms with E-state index in [0.29, 0.717) is 25.4 Å². The molecule has 2 aromatic rings. The van der Waals surface area contributed by atoms with E-state index in [1.54, 1.807) is 19.2 Å². The van der Waals surface area contributed by atoms with Crippen LogP contribution in [0, 0.1) is 22.0 Å². The van der Waals surface area contributed by atoms with E-state index in [1.807, 2.05) is 30.3 Å². The number of benzene rings is 2. The van der Waals surface area contributed by atoms with Crippen molar-refractivity contribution in [1.82, 2.24) is 5.32 Å². The minimum Gasteiger partial charge on any atom is -0.497 e. The van der Waals surface area contributed by atoms with E-state index in [9.17, 15) is 14.9 Å². The fraction of sp³-hybridized carbons (Fsp3) is 0.458. The normalized spacial score (nSPS) is 19.9. The van der Waals surface area contributed by atoms with Crippen molar-refractivity contribution in [3.8, 4) is 5.75 Å². The summed E-state index contributed by atoms with van der Waals surface area (Å²) in [6.07, 6.45) is 0.499. The van der Waals surface area contributed by atoms with Crippen LogP contribution >= 0.6 is 0 Å². The molecule has 2 aromatic carbocycles. The van der Waals surface area contributed by atoms with Gasteiger partial charge in [0.15, 0.2) is 0 Å². The number of anilines is 2. The Bertz CT molecular complexity index is 992. The molecule has 4 rings (SSSR count). The highest BCUT2D eigenvalue weighted by Gasteiger charge is 2.42. The Kier molecular flexibility index (Phi) is 6.21. The van der Waals surface area contributed by atoms with Gasteiger partial charge in [0, 0.05) is 49.7 Å². The maximum absolute atomic E-state index is 13.2. The third-order valence-electron chi connectivity index (χ3n) is 6.37. The Hall–Kier alpha value is -3.29. The molecule has 2 heterocycles. The van der Waals surface area contributed by atoms with E-state index < -0.39 is 0 Å². The van der Waals surface area contributed by atoms with Gasteiger partial charge in [-0.05, 0) is 48.2 Å². The van der Waals surface area contributed by atoms with Crippen molar-refractivity contribution in [3.63, 3.8) is 0 Å². The number of amides is 1. The molecule has 8 nitrogen and oxygen atoms in total. The molecular formula is C24H30N4O4. The molecule has 32 heavy (non-hydrogen) atoms. The number of non-ortho nitro benzene ring substituents is 1. The summed E-state index contributed by atoms with van der Waals surface area (Å²) in [4.78, 5) is 28.7. The number of nitro benzene ring substituents is 1. The van der Waals surface area contributed by atoms with Crippen LogP contribution in [0.3, 0.4) is 0 Å². The molecule has 1 amide bonds. The average Bonchev–Trinajstić information content (AvgIpc) is 2.81. The van der Waals surface area contributed by atoms with E-state index in [1.165, 1.54) is 0 Å². The smallest absolute Gasteiger partial charge is 0.269 e. The summed E-state index contributed by atoms with van der Waals surface area (Å²) in [6, 6.07) is 13.0. The zero-order valence-corrected chi connectivity index (χ0v) is 18.8. The van der Waals surface area contributed by atoms with Crippen LogP contribution in [-0.2, 0) is 11.2 Å². The Morgan fingerprint density at radius 2 is 1.97 bits per heavy atom. The number of fused-ring (bicyclic) bond motifs is 3. The van der Waals surface area contributed by atoms with Gasteiger partial charge in [-0.1, -0.05) is 13.8 Å². The molecule has 0 aliphatic carbocycles. The number of piperazine rings is 1. The molecule has 0 spiro atoms. The Labute approximate surface area is 188 Å². The van der Waals surface area contributed by atoms with E-state index in [-0.39, 0.29) is 28.5 Å². The summed E-state index contributed by atoms with van der Waals surface area (Å²) in [5, 5.41) is 14.4. The highest BCUT2D eigenvalue weighted by Crippen LogP contribution is 2.38. The van der Waals surface area contributed by atoms with Crippen LogP contribution in [0.5, 0.6) is 5.75 Å². The standard InChI is InChI=1S/C24H30N4O4/c1-16(2)14-25-24(29)21-13-17-12-19(28(30)31)6-9-22(17)27-11-10-26(15-23(21)27)18-4-7-20(32-3)8-5-18/h4-9,12,16,21,23H,10-11,13-15H2,1-3H3,(H,25,29). The number of nitrogens with zero attached hydrogens (tertiary/aromatic N) is 3. The third kappa shape index (κ3) is 4.35. The molecule has 2 aliphatic heterocycles. The maximum atomic E-state index is 13.2. The van der Waals surface area contributed by atoms with Crippen LogP contribution in [0.2, 0.25) is 0 Å². The lowest BCUT2D eigenvalue weighted by atomic mass is 9.83. The lowest BCUT2D eigenvalue weighted by molar-refractivity contribution is -0.384. The van der Waals surface area contributed by atoms with Gasteiger partial charge in [-0.15, -0.1) is 0 Å². The monoisotopic (exact) mass is 438 g/mol. The van der Waals surface area contributed by atoms with Gasteiger partial charge in [0.1, 0.15) is 5.75 Å². The van der Waals surface area contributed by atoms with Crippen LogP contribution in [0.1, 0.15) is 19.4 Å². The number of hydrogen-bond acceptors (Lipinski definition) is 6. The molecule has 170 valence electrons. The number of rotatable bonds is 6. The Balaban J connectivity index is 1.63. The first-order valence-corrected chi connectivity index (χ1v) is 11.1. The van der Waals surface area contributed by atoms with E-state index >= 15 is 0 Å². The summed E-state index contributed by atoms with van der Waals surface area (Å²) in [5.41, 5.74) is 3.04. The Morgan fingerprint density at radius 1 is 1.22 bits per heavy atom. The maximum Gasteiger partial charge on any atom is 0.269 e. The number of nitrogens with one attached hydrogen (secondary N) is 1. The number of ether oxygens (including phenoxy) is 1. The molecule has 0 bridgehead atoms. The van der Waals surface area contributed by atoms with E-state index in [2.05, 4.69) is 29.0 Å². The summed E-state index contributed by atoms with van der Waals surface area (Å²) in [6.45, 7) is 7.01. The van der Waals surface area contributed by atoms with E-state index in [4.69, 9.17) is 4.74 Å². The van der Waals surface area contributed by atoms with Gasteiger partial charge < -0.3 is 19.9 Å². The third-order valence-corrected chi connectivity index (χ3v) is 6.37. The van der Waals surface area contributed by atoms with Gasteiger partial charge in [0.25, 0.3) is 5.69 Å². The highest BCUT2D eigenvalue weighted by molar-refractivity contribution is 5.82. The van der Waals surface area contributed by atoms with Crippen molar-refractivity contribution in [2.45, 2.75) is 26.3 Å². The lowest BCUT2D eigenvalue weighted by Crippen LogP contribution is -2.61. The molecule has 0 aromatic heterocycles. The quantitative estimate of drug-likeness (QED) is 0.550. The van der Waals surface area contributed by atoms with Crippen LogP contribution in [0.25, 0.3) is 0 Å². The molecule has 8 heteroatoms. The fourth-order valence-corrected chi connectivity index (χ4v) is 4.69. The van der Waals surface area contributed by atoms with Crippen LogP contribution < -0.4 is 19.9 Å². The zero-order valence-electron chi connectivity index (χ0n) is 18.8. The molecule has 1 saturated heterocycles. The summed E-state index contributed by atoms with van der Waals surface area (Å²) in [7, 11) is 1.65. The number of methoxy groups -OCH3 is 1. The van der Waals surface area contributed by atoms with Gasteiger partial charge in [0.05, 0.1) is 24.0 Å². The number of carbonyl (C=O) groups is 1. The molecular weight excluding hydrogens is 408 g/mol. The number of carbonyl (C=O) groups excluding carboxylic acids is 1. The van der Waals surface area contributed by atoms with Crippen molar-refractivity contribution >= 4 is 23.0 Å². The van der Waals surface area contributed by atoms with Gasteiger partial charge >= 0.3 is 0 Å². The number of hydrogen-bond donors (Lipinski definition) is 1. The lowest BCUT2D eigenvalue weighted by Gasteiger charge is -2.49. The molecule has 0 radical (unpaired) electrons. The Morgan fingerprint density at radius 3 is 2.62 bits per heavy atom. The number of nitro groups is 1. The van der Waals surface area contributed by atoms with Gasteiger partial charge in [-0.3, -0.25) is 14.9 Å². The van der Waals surface area contributed by atoms with Crippen molar-refractivity contribution in [1.29, 1.82) is 0 Å². The van der Waals surface area contributed by atoms with Crippen LogP contribution in [0.4, 0.5) is 17.1 Å². The minimum atomic E-state index is -0.373. The molecule has 1 fully saturated rings. The molecule has 0 saturated carbocycles. The summed E-state index contributed by atoms with van der Waals surface area (Å²) < 4.78 is 5.27.